The van der Waals surface area contributed by atoms with Gasteiger partial charge in [0.25, 0.3) is 0 Å². The number of benzene rings is 2. The molecule has 0 N–H and O–H groups in total. The molecule has 0 saturated heterocycles. The molecule has 0 saturated carbocycles. The minimum absolute atomic E-state index is 0.0428. The van der Waals surface area contributed by atoms with Crippen molar-refractivity contribution in [2.45, 2.75) is 0 Å². The van der Waals surface area contributed by atoms with Crippen LogP contribution in [0.5, 0.6) is 0 Å². The maximum absolute atomic E-state index is 14.9. The van der Waals surface area contributed by atoms with Crippen LogP contribution < -0.4 is 7.74 Å². The van der Waals surface area contributed by atoms with Crippen LogP contribution in [0.25, 0.3) is 11.4 Å². The Morgan fingerprint density at radius 3 is 1.30 bits per heavy atom. The summed E-state index contributed by atoms with van der Waals surface area (Å²) in [6.45, 7) is 0. The molecule has 134 valence electrons. The average Bonchev–Trinajstić information content (AvgIpc) is 3.34. The molecule has 2 heterocycles. The molecule has 0 aliphatic heterocycles. The molecule has 0 fully saturated rings. The summed E-state index contributed by atoms with van der Waals surface area (Å²) in [6, 6.07) is 11.0. The van der Waals surface area contributed by atoms with Crippen molar-refractivity contribution in [3.05, 3.63) is 96.6 Å². The fraction of sp³-hybridized carbons (Fsp3) is 0. The van der Waals surface area contributed by atoms with E-state index in [0.717, 1.165) is 24.3 Å². The SMILES string of the molecule is Fc1c[c]([Ti][c]2cc(F)cc(-n3cccc3)c2F)c(F)c(-n2cccc2)c1. The molecule has 0 atom stereocenters. The topological polar surface area (TPSA) is 9.86 Å². The van der Waals surface area contributed by atoms with Gasteiger partial charge in [-0.15, -0.1) is 0 Å². The molecule has 7 heteroatoms. The Labute approximate surface area is 161 Å². The van der Waals surface area contributed by atoms with Gasteiger partial charge in [-0.1, -0.05) is 0 Å². The van der Waals surface area contributed by atoms with E-state index in [1.807, 2.05) is 0 Å². The van der Waals surface area contributed by atoms with Gasteiger partial charge in [-0.3, -0.25) is 0 Å². The summed E-state index contributed by atoms with van der Waals surface area (Å²) in [7, 11) is 0. The van der Waals surface area contributed by atoms with Gasteiger partial charge in [-0.2, -0.15) is 0 Å². The van der Waals surface area contributed by atoms with Crippen molar-refractivity contribution in [1.29, 1.82) is 0 Å². The van der Waals surface area contributed by atoms with Gasteiger partial charge < -0.3 is 0 Å². The van der Waals surface area contributed by atoms with Crippen molar-refractivity contribution in [1.82, 2.24) is 9.13 Å². The summed E-state index contributed by atoms with van der Waals surface area (Å²) in [5.74, 6) is -2.50. The number of rotatable bonds is 4. The van der Waals surface area contributed by atoms with E-state index in [0.29, 0.717) is 0 Å². The number of hydrogen-bond donors (Lipinski definition) is 0. The fourth-order valence-corrected chi connectivity index (χ4v) is 4.69. The summed E-state index contributed by atoms with van der Waals surface area (Å²) in [6.07, 6.45) is 6.37. The van der Waals surface area contributed by atoms with Gasteiger partial charge >= 0.3 is 162 Å². The third-order valence-electron chi connectivity index (χ3n) is 4.07. The Morgan fingerprint density at radius 2 is 0.926 bits per heavy atom. The second-order valence-electron chi connectivity index (χ2n) is 5.88. The van der Waals surface area contributed by atoms with Crippen LogP contribution in [-0.4, -0.2) is 9.13 Å². The molecule has 2 aromatic heterocycles. The van der Waals surface area contributed by atoms with Gasteiger partial charge in [0.2, 0.25) is 0 Å². The second-order valence-corrected chi connectivity index (χ2v) is 7.95. The minimum atomic E-state index is -1.66. The Hall–Kier alpha value is -2.57. The molecule has 0 bridgehead atoms. The first kappa shape index (κ1) is 17.8. The Kier molecular flexibility index (Phi) is 4.76. The number of halogens is 4. The van der Waals surface area contributed by atoms with Crippen molar-refractivity contribution < 1.29 is 36.7 Å². The van der Waals surface area contributed by atoms with Crippen molar-refractivity contribution in [3.8, 4) is 11.4 Å². The van der Waals surface area contributed by atoms with Gasteiger partial charge in [0, 0.05) is 0 Å². The molecule has 4 aromatic rings. The van der Waals surface area contributed by atoms with Crippen LogP contribution in [0.4, 0.5) is 17.6 Å². The molecule has 0 aliphatic rings. The van der Waals surface area contributed by atoms with Crippen LogP contribution in [0, 0.1) is 23.3 Å². The fourth-order valence-electron chi connectivity index (χ4n) is 2.84. The molecular formula is C20H12F4N2Ti. The quantitative estimate of drug-likeness (QED) is 0.361. The van der Waals surface area contributed by atoms with Crippen LogP contribution in [0.2, 0.25) is 0 Å². The van der Waals surface area contributed by atoms with Gasteiger partial charge in [0.15, 0.2) is 0 Å². The van der Waals surface area contributed by atoms with Crippen LogP contribution in [0.1, 0.15) is 0 Å². The predicted octanol–water partition coefficient (Wildman–Crippen LogP) is 3.86. The zero-order valence-electron chi connectivity index (χ0n) is 13.8. The molecule has 0 radical (unpaired) electrons. The third-order valence-corrected chi connectivity index (χ3v) is 6.05. The van der Waals surface area contributed by atoms with E-state index in [1.54, 1.807) is 49.1 Å². The van der Waals surface area contributed by atoms with Crippen molar-refractivity contribution in [2.24, 2.45) is 0 Å². The van der Waals surface area contributed by atoms with Crippen LogP contribution in [0.15, 0.2) is 73.3 Å². The predicted molar refractivity (Wildman–Crippen MR) is 90.6 cm³/mol. The van der Waals surface area contributed by atoms with E-state index >= 15 is 0 Å². The number of hydrogen-bond acceptors (Lipinski definition) is 0. The van der Waals surface area contributed by atoms with Gasteiger partial charge in [0.05, 0.1) is 0 Å². The van der Waals surface area contributed by atoms with Crippen molar-refractivity contribution in [2.75, 3.05) is 0 Å². The summed E-state index contributed by atoms with van der Waals surface area (Å²) in [5.41, 5.74) is 0.0855. The summed E-state index contributed by atoms with van der Waals surface area (Å²) >= 11 is -1.66. The average molecular weight is 404 g/mol. The van der Waals surface area contributed by atoms with Crippen molar-refractivity contribution >= 4 is 7.74 Å². The zero-order valence-corrected chi connectivity index (χ0v) is 15.4. The van der Waals surface area contributed by atoms with E-state index in [4.69, 9.17) is 0 Å². The number of nitrogens with zero attached hydrogens (tertiary/aromatic N) is 2. The van der Waals surface area contributed by atoms with E-state index in [1.165, 1.54) is 9.13 Å². The standard InChI is InChI=1S/2C10H6F2N.Ti/c2*11-8-3-4-9(12)10(7-8)13-5-1-2-6-13;/h2*1-3,5-7H;. The normalized spacial score (nSPS) is 11.0. The molecule has 0 unspecified atom stereocenters. The Bertz CT molecular complexity index is 1000. The Morgan fingerprint density at radius 1 is 0.556 bits per heavy atom. The first-order valence-corrected chi connectivity index (χ1v) is 9.61. The summed E-state index contributed by atoms with van der Waals surface area (Å²) in [5, 5.41) is 0. The number of aromatic nitrogens is 2. The maximum atomic E-state index is 14.9. The van der Waals surface area contributed by atoms with E-state index in [2.05, 4.69) is 0 Å². The van der Waals surface area contributed by atoms with Gasteiger partial charge in [-0.25, -0.2) is 0 Å². The van der Waals surface area contributed by atoms with E-state index in [-0.39, 0.29) is 19.1 Å². The third kappa shape index (κ3) is 3.50. The molecular weight excluding hydrogens is 392 g/mol. The summed E-state index contributed by atoms with van der Waals surface area (Å²) < 4.78 is 61.0. The molecule has 27 heavy (non-hydrogen) atoms. The summed E-state index contributed by atoms with van der Waals surface area (Å²) in [4.78, 5) is 0. The molecule has 4 rings (SSSR count). The Balaban J connectivity index is 1.79. The zero-order chi connectivity index (χ0) is 19.0. The first-order chi connectivity index (χ1) is 13.0. The first-order valence-electron chi connectivity index (χ1n) is 8.05. The van der Waals surface area contributed by atoms with Crippen LogP contribution in [0.3, 0.4) is 0 Å². The monoisotopic (exact) mass is 404 g/mol. The molecule has 0 spiro atoms. The molecule has 2 nitrogen and oxygen atoms in total. The van der Waals surface area contributed by atoms with E-state index in [9.17, 15) is 17.6 Å². The van der Waals surface area contributed by atoms with Crippen LogP contribution in [-0.2, 0) is 19.2 Å². The van der Waals surface area contributed by atoms with Gasteiger partial charge in [0.1, 0.15) is 0 Å². The molecule has 2 aromatic carbocycles. The van der Waals surface area contributed by atoms with E-state index < -0.39 is 42.4 Å². The molecule has 0 aliphatic carbocycles. The van der Waals surface area contributed by atoms with Crippen LogP contribution >= 0.6 is 0 Å². The van der Waals surface area contributed by atoms with Crippen molar-refractivity contribution in [3.63, 3.8) is 0 Å². The molecule has 0 amide bonds. The second kappa shape index (κ2) is 7.21. The van der Waals surface area contributed by atoms with Gasteiger partial charge in [-0.05, 0) is 0 Å².